The lowest BCUT2D eigenvalue weighted by atomic mass is 9.87. The summed E-state index contributed by atoms with van der Waals surface area (Å²) in [5, 5.41) is 11.6. The molecular weight excluding hydrogens is 412 g/mol. The molecule has 1 aliphatic carbocycles. The van der Waals surface area contributed by atoms with Crippen molar-refractivity contribution >= 4 is 11.1 Å². The second-order valence-corrected chi connectivity index (χ2v) is 8.61. The summed E-state index contributed by atoms with van der Waals surface area (Å²) >= 11 is -1.69. The van der Waals surface area contributed by atoms with Crippen molar-refractivity contribution in [2.75, 3.05) is 20.8 Å². The Bertz CT molecular complexity index is 990. The predicted molar refractivity (Wildman–Crippen MR) is 122 cm³/mol. The summed E-state index contributed by atoms with van der Waals surface area (Å²) in [4.78, 5) is 0.559. The lowest BCUT2D eigenvalue weighted by Crippen LogP contribution is -2.32. The SMILES string of the molecule is COC1=CC=C(CC(O)(COS(=O)c2ccc(C)cc2)c2ccc(OC)cc2)C=CC1. The van der Waals surface area contributed by atoms with Crippen LogP contribution < -0.4 is 4.74 Å². The fourth-order valence-corrected chi connectivity index (χ4v) is 4.06. The fraction of sp³-hybridized carbons (Fsp3) is 0.280. The van der Waals surface area contributed by atoms with Crippen LogP contribution in [0.4, 0.5) is 0 Å². The zero-order chi connectivity index (χ0) is 22.3. The minimum atomic E-state index is -1.69. The maximum Gasteiger partial charge on any atom is 0.189 e. The van der Waals surface area contributed by atoms with Crippen molar-refractivity contribution in [3.63, 3.8) is 0 Å². The highest BCUT2D eigenvalue weighted by atomic mass is 32.2. The van der Waals surface area contributed by atoms with E-state index < -0.39 is 16.7 Å². The molecular formula is C25H28O5S. The summed E-state index contributed by atoms with van der Waals surface area (Å²) in [6.45, 7) is 1.83. The Morgan fingerprint density at radius 1 is 1.00 bits per heavy atom. The molecule has 0 saturated carbocycles. The van der Waals surface area contributed by atoms with Crippen molar-refractivity contribution in [2.24, 2.45) is 0 Å². The van der Waals surface area contributed by atoms with Gasteiger partial charge in [-0.05, 0) is 48.4 Å². The van der Waals surface area contributed by atoms with Crippen LogP contribution in [0.25, 0.3) is 0 Å². The number of hydrogen-bond donors (Lipinski definition) is 1. The monoisotopic (exact) mass is 440 g/mol. The van der Waals surface area contributed by atoms with Gasteiger partial charge in [0.25, 0.3) is 0 Å². The van der Waals surface area contributed by atoms with E-state index in [1.165, 1.54) is 0 Å². The number of benzene rings is 2. The van der Waals surface area contributed by atoms with Gasteiger partial charge < -0.3 is 14.6 Å². The second-order valence-electron chi connectivity index (χ2n) is 7.43. The molecule has 2 aromatic rings. The molecule has 0 aromatic heterocycles. The van der Waals surface area contributed by atoms with Crippen molar-refractivity contribution < 1.29 is 23.0 Å². The van der Waals surface area contributed by atoms with Crippen molar-refractivity contribution in [3.8, 4) is 5.75 Å². The lowest BCUT2D eigenvalue weighted by molar-refractivity contribution is -0.00458. The zero-order valence-electron chi connectivity index (χ0n) is 18.0. The first-order valence-electron chi connectivity index (χ1n) is 10.0. The van der Waals surface area contributed by atoms with Gasteiger partial charge in [0.15, 0.2) is 11.1 Å². The van der Waals surface area contributed by atoms with Gasteiger partial charge in [-0.2, -0.15) is 0 Å². The van der Waals surface area contributed by atoms with Gasteiger partial charge >= 0.3 is 0 Å². The van der Waals surface area contributed by atoms with Crippen LogP contribution in [0.5, 0.6) is 5.75 Å². The van der Waals surface area contributed by atoms with E-state index in [0.717, 1.165) is 16.9 Å². The third-order valence-electron chi connectivity index (χ3n) is 5.14. The average Bonchev–Trinajstić information content (AvgIpc) is 3.03. The van der Waals surface area contributed by atoms with Gasteiger partial charge in [0.2, 0.25) is 0 Å². The zero-order valence-corrected chi connectivity index (χ0v) is 18.9. The molecule has 2 aromatic carbocycles. The summed E-state index contributed by atoms with van der Waals surface area (Å²) in [5.41, 5.74) is 1.26. The van der Waals surface area contributed by atoms with Crippen LogP contribution >= 0.6 is 0 Å². The summed E-state index contributed by atoms with van der Waals surface area (Å²) < 4.78 is 28.9. The normalized spacial score (nSPS) is 16.5. The van der Waals surface area contributed by atoms with E-state index in [4.69, 9.17) is 13.7 Å². The molecule has 1 aliphatic rings. The van der Waals surface area contributed by atoms with E-state index in [1.54, 1.807) is 50.6 Å². The van der Waals surface area contributed by atoms with Gasteiger partial charge in [-0.15, -0.1) is 0 Å². The summed E-state index contributed by atoms with van der Waals surface area (Å²) in [5.74, 6) is 1.53. The number of rotatable bonds is 9. The highest BCUT2D eigenvalue weighted by molar-refractivity contribution is 7.80. The standard InChI is InChI=1S/C25H28O5S/c1-19-7-15-24(16-8-19)31(27)30-18-25(26,21-10-13-23(29-3)14-11-21)17-20-5-4-6-22(28-2)12-9-20/h4-5,7-16,26H,6,17-18H2,1-3H3. The molecule has 31 heavy (non-hydrogen) atoms. The highest BCUT2D eigenvalue weighted by Gasteiger charge is 2.32. The predicted octanol–water partition coefficient (Wildman–Crippen LogP) is 4.74. The first-order valence-corrected chi connectivity index (χ1v) is 11.1. The Labute approximate surface area is 186 Å². The maximum atomic E-state index is 12.7. The van der Waals surface area contributed by atoms with Crippen LogP contribution in [0.15, 0.2) is 89.1 Å². The minimum Gasteiger partial charge on any atom is -0.501 e. The first-order chi connectivity index (χ1) is 14.9. The third kappa shape index (κ3) is 6.17. The molecule has 6 heteroatoms. The molecule has 0 radical (unpaired) electrons. The number of aliphatic hydroxyl groups is 1. The van der Waals surface area contributed by atoms with Crippen molar-refractivity contribution in [1.29, 1.82) is 0 Å². The molecule has 0 bridgehead atoms. The molecule has 0 fully saturated rings. The molecule has 164 valence electrons. The summed E-state index contributed by atoms with van der Waals surface area (Å²) in [6, 6.07) is 14.5. The Morgan fingerprint density at radius 3 is 2.35 bits per heavy atom. The number of aryl methyl sites for hydroxylation is 1. The third-order valence-corrected chi connectivity index (χ3v) is 6.13. The highest BCUT2D eigenvalue weighted by Crippen LogP contribution is 2.32. The molecule has 1 N–H and O–H groups in total. The Morgan fingerprint density at radius 2 is 1.71 bits per heavy atom. The van der Waals surface area contributed by atoms with Crippen LogP contribution in [0.2, 0.25) is 0 Å². The van der Waals surface area contributed by atoms with Crippen LogP contribution in [0.3, 0.4) is 0 Å². The van der Waals surface area contributed by atoms with Crippen molar-refractivity contribution in [3.05, 3.63) is 95.3 Å². The number of allylic oxidation sites excluding steroid dienone is 4. The van der Waals surface area contributed by atoms with E-state index in [-0.39, 0.29) is 13.0 Å². The van der Waals surface area contributed by atoms with Crippen LogP contribution in [-0.4, -0.2) is 30.1 Å². The molecule has 0 spiro atoms. The molecule has 0 aliphatic heterocycles. The lowest BCUT2D eigenvalue weighted by Gasteiger charge is -2.29. The van der Waals surface area contributed by atoms with E-state index in [0.29, 0.717) is 22.6 Å². The van der Waals surface area contributed by atoms with E-state index >= 15 is 0 Å². The molecule has 0 heterocycles. The quantitative estimate of drug-likeness (QED) is 0.610. The summed E-state index contributed by atoms with van der Waals surface area (Å²) in [6.07, 6.45) is 8.75. The summed E-state index contributed by atoms with van der Waals surface area (Å²) in [7, 11) is 3.23. The van der Waals surface area contributed by atoms with E-state index in [9.17, 15) is 9.32 Å². The van der Waals surface area contributed by atoms with Crippen molar-refractivity contribution in [2.45, 2.75) is 30.3 Å². The van der Waals surface area contributed by atoms with Gasteiger partial charge in [-0.25, -0.2) is 4.21 Å². The Kier molecular flexibility index (Phi) is 7.85. The minimum absolute atomic E-state index is 0.133. The van der Waals surface area contributed by atoms with Crippen LogP contribution in [0, 0.1) is 6.92 Å². The average molecular weight is 441 g/mol. The van der Waals surface area contributed by atoms with Gasteiger partial charge in [0.05, 0.1) is 31.5 Å². The first kappa shape index (κ1) is 23.0. The second kappa shape index (κ2) is 10.6. The van der Waals surface area contributed by atoms with Gasteiger partial charge in [-0.1, -0.05) is 48.1 Å². The Balaban J connectivity index is 1.84. The molecule has 5 nitrogen and oxygen atoms in total. The van der Waals surface area contributed by atoms with Crippen LogP contribution in [0.1, 0.15) is 24.0 Å². The molecule has 3 rings (SSSR count). The van der Waals surface area contributed by atoms with Crippen molar-refractivity contribution in [1.82, 2.24) is 0 Å². The van der Waals surface area contributed by atoms with E-state index in [2.05, 4.69) is 0 Å². The maximum absolute atomic E-state index is 12.7. The molecule has 2 atom stereocenters. The van der Waals surface area contributed by atoms with Gasteiger partial charge in [-0.3, -0.25) is 4.18 Å². The topological polar surface area (TPSA) is 65.0 Å². The number of hydrogen-bond acceptors (Lipinski definition) is 5. The fourth-order valence-electron chi connectivity index (χ4n) is 3.26. The van der Waals surface area contributed by atoms with Crippen LogP contribution in [-0.2, 0) is 25.6 Å². The Hall–Kier alpha value is -2.67. The molecule has 0 amide bonds. The molecule has 2 unspecified atom stereocenters. The largest absolute Gasteiger partial charge is 0.501 e. The van der Waals surface area contributed by atoms with Gasteiger partial charge in [0, 0.05) is 12.8 Å². The van der Waals surface area contributed by atoms with Gasteiger partial charge in [0.1, 0.15) is 11.4 Å². The number of ether oxygens (including phenoxy) is 2. The van der Waals surface area contributed by atoms with E-state index in [1.807, 2.05) is 43.4 Å². The number of methoxy groups -OCH3 is 2. The smallest absolute Gasteiger partial charge is 0.189 e. The molecule has 0 saturated heterocycles.